The second-order valence-electron chi connectivity index (χ2n) is 9.91. The summed E-state index contributed by atoms with van der Waals surface area (Å²) in [6.45, 7) is 8.13. The summed E-state index contributed by atoms with van der Waals surface area (Å²) in [6, 6.07) is 5.51. The third kappa shape index (κ3) is 5.39. The number of piperazine rings is 1. The molecule has 0 aliphatic carbocycles. The number of hydrogen-bond acceptors (Lipinski definition) is 6. The number of nitrogens with zero attached hydrogens (tertiary/aromatic N) is 3. The van der Waals surface area contributed by atoms with Crippen LogP contribution in [-0.2, 0) is 16.1 Å². The minimum atomic E-state index is -0.556. The van der Waals surface area contributed by atoms with Crippen LogP contribution in [0.1, 0.15) is 54.4 Å². The van der Waals surface area contributed by atoms with Crippen LogP contribution in [0.25, 0.3) is 0 Å². The number of rotatable bonds is 6. The standard InChI is InChI=1S/C25H35N5O3.ClH/c31-23-6-5-22(24(32)27-23)30-17-19-16-20(3-4-21(19)25(30)33)29-14-12-28(13-15-29)11-1-2-18-7-9-26-10-8-18;/h3-4,16,18,22,26H,1-2,5-15,17H2,(H,27,31,32);1H. The van der Waals surface area contributed by atoms with Crippen molar-refractivity contribution in [2.45, 2.75) is 51.1 Å². The molecule has 1 atom stereocenters. The highest BCUT2D eigenvalue weighted by molar-refractivity contribution is 6.05. The van der Waals surface area contributed by atoms with Crippen molar-refractivity contribution in [2.24, 2.45) is 5.92 Å². The van der Waals surface area contributed by atoms with Gasteiger partial charge in [-0.15, -0.1) is 12.4 Å². The van der Waals surface area contributed by atoms with E-state index in [1.54, 1.807) is 4.90 Å². The van der Waals surface area contributed by atoms with E-state index in [0.29, 0.717) is 18.5 Å². The van der Waals surface area contributed by atoms with Gasteiger partial charge >= 0.3 is 0 Å². The molecule has 0 radical (unpaired) electrons. The Bertz CT molecular complexity index is 912. The second-order valence-corrected chi connectivity index (χ2v) is 9.91. The van der Waals surface area contributed by atoms with Gasteiger partial charge in [0.05, 0.1) is 0 Å². The Morgan fingerprint density at radius 3 is 2.47 bits per heavy atom. The zero-order chi connectivity index (χ0) is 22.8. The monoisotopic (exact) mass is 489 g/mol. The number of halogens is 1. The molecular weight excluding hydrogens is 454 g/mol. The molecule has 3 saturated heterocycles. The number of anilines is 1. The first-order valence-electron chi connectivity index (χ1n) is 12.5. The van der Waals surface area contributed by atoms with E-state index in [0.717, 1.165) is 43.3 Å². The smallest absolute Gasteiger partial charge is 0.255 e. The Morgan fingerprint density at radius 2 is 1.74 bits per heavy atom. The van der Waals surface area contributed by atoms with E-state index in [4.69, 9.17) is 0 Å². The maximum atomic E-state index is 12.9. The van der Waals surface area contributed by atoms with Crippen LogP contribution < -0.4 is 15.5 Å². The highest BCUT2D eigenvalue weighted by atomic mass is 35.5. The third-order valence-electron chi connectivity index (χ3n) is 7.79. The lowest BCUT2D eigenvalue weighted by atomic mass is 9.93. The van der Waals surface area contributed by atoms with Crippen molar-refractivity contribution in [1.29, 1.82) is 0 Å². The van der Waals surface area contributed by atoms with Crippen molar-refractivity contribution in [3.05, 3.63) is 29.3 Å². The number of carbonyl (C=O) groups excluding carboxylic acids is 3. The van der Waals surface area contributed by atoms with Gasteiger partial charge in [0.2, 0.25) is 11.8 Å². The Hall–Kier alpha value is -2.16. The maximum absolute atomic E-state index is 12.9. The largest absolute Gasteiger partial charge is 0.369 e. The minimum Gasteiger partial charge on any atom is -0.369 e. The molecule has 4 aliphatic heterocycles. The summed E-state index contributed by atoms with van der Waals surface area (Å²) in [6.07, 6.45) is 5.98. The van der Waals surface area contributed by atoms with E-state index >= 15 is 0 Å². The number of fused-ring (bicyclic) bond motifs is 1. The molecule has 5 rings (SSSR count). The maximum Gasteiger partial charge on any atom is 0.255 e. The third-order valence-corrected chi connectivity index (χ3v) is 7.79. The lowest BCUT2D eigenvalue weighted by Crippen LogP contribution is -2.52. The van der Waals surface area contributed by atoms with Gasteiger partial charge in [-0.1, -0.05) is 0 Å². The van der Waals surface area contributed by atoms with E-state index in [2.05, 4.69) is 26.5 Å². The molecule has 9 heteroatoms. The molecule has 3 fully saturated rings. The fraction of sp³-hybridized carbons (Fsp3) is 0.640. The highest BCUT2D eigenvalue weighted by Gasteiger charge is 2.39. The van der Waals surface area contributed by atoms with Gasteiger partial charge in [0.15, 0.2) is 0 Å². The van der Waals surface area contributed by atoms with Gasteiger partial charge in [0, 0.05) is 50.4 Å². The van der Waals surface area contributed by atoms with Crippen LogP contribution in [0.4, 0.5) is 5.69 Å². The molecule has 186 valence electrons. The Balaban J connectivity index is 0.00000274. The molecular formula is C25H36ClN5O3. The summed E-state index contributed by atoms with van der Waals surface area (Å²) in [5, 5.41) is 5.81. The SMILES string of the molecule is Cl.O=C1CCC(N2Cc3cc(N4CCN(CCCC5CCNCC5)CC4)ccc3C2=O)C(=O)N1. The van der Waals surface area contributed by atoms with Crippen molar-refractivity contribution in [3.8, 4) is 0 Å². The first-order chi connectivity index (χ1) is 16.1. The summed E-state index contributed by atoms with van der Waals surface area (Å²) >= 11 is 0. The molecule has 2 N–H and O–H groups in total. The van der Waals surface area contributed by atoms with Gasteiger partial charge in [-0.3, -0.25) is 24.6 Å². The van der Waals surface area contributed by atoms with E-state index < -0.39 is 6.04 Å². The molecule has 0 aromatic heterocycles. The molecule has 4 aliphatic rings. The lowest BCUT2D eigenvalue weighted by Gasteiger charge is -2.36. The molecule has 0 bridgehead atoms. The first kappa shape index (κ1) is 24.9. The van der Waals surface area contributed by atoms with E-state index in [-0.39, 0.29) is 36.5 Å². The fourth-order valence-electron chi connectivity index (χ4n) is 5.76. The summed E-state index contributed by atoms with van der Waals surface area (Å²) in [7, 11) is 0. The second kappa shape index (κ2) is 11.1. The van der Waals surface area contributed by atoms with Crippen molar-refractivity contribution >= 4 is 35.8 Å². The van der Waals surface area contributed by atoms with Crippen LogP contribution >= 0.6 is 12.4 Å². The lowest BCUT2D eigenvalue weighted by molar-refractivity contribution is -0.136. The van der Waals surface area contributed by atoms with Gasteiger partial charge in [-0.25, -0.2) is 0 Å². The molecule has 0 spiro atoms. The van der Waals surface area contributed by atoms with Crippen molar-refractivity contribution < 1.29 is 14.4 Å². The van der Waals surface area contributed by atoms with Crippen molar-refractivity contribution in [1.82, 2.24) is 20.4 Å². The van der Waals surface area contributed by atoms with Gasteiger partial charge in [-0.05, 0) is 81.4 Å². The summed E-state index contributed by atoms with van der Waals surface area (Å²) in [4.78, 5) is 43.2. The zero-order valence-corrected chi connectivity index (χ0v) is 20.6. The average molecular weight is 490 g/mol. The zero-order valence-electron chi connectivity index (χ0n) is 19.8. The minimum absolute atomic E-state index is 0. The molecule has 1 unspecified atom stereocenters. The predicted octanol–water partition coefficient (Wildman–Crippen LogP) is 1.77. The van der Waals surface area contributed by atoms with Gasteiger partial charge in [0.25, 0.3) is 5.91 Å². The molecule has 8 nitrogen and oxygen atoms in total. The molecule has 3 amide bonds. The molecule has 0 saturated carbocycles. The number of benzene rings is 1. The number of piperidine rings is 2. The van der Waals surface area contributed by atoms with E-state index in [9.17, 15) is 14.4 Å². The van der Waals surface area contributed by atoms with Crippen molar-refractivity contribution in [3.63, 3.8) is 0 Å². The average Bonchev–Trinajstić information content (AvgIpc) is 3.16. The van der Waals surface area contributed by atoms with Crippen LogP contribution in [0.3, 0.4) is 0 Å². The number of amides is 3. The molecule has 34 heavy (non-hydrogen) atoms. The van der Waals surface area contributed by atoms with Crippen molar-refractivity contribution in [2.75, 3.05) is 50.7 Å². The number of carbonyl (C=O) groups is 3. The summed E-state index contributed by atoms with van der Waals surface area (Å²) in [5.74, 6) is 0.183. The predicted molar refractivity (Wildman–Crippen MR) is 133 cm³/mol. The Kier molecular flexibility index (Phi) is 8.11. The molecule has 1 aromatic rings. The normalized spacial score (nSPS) is 24.1. The molecule has 4 heterocycles. The van der Waals surface area contributed by atoms with Crippen LogP contribution in [0, 0.1) is 5.92 Å². The van der Waals surface area contributed by atoms with Gasteiger partial charge < -0.3 is 15.1 Å². The highest BCUT2D eigenvalue weighted by Crippen LogP contribution is 2.31. The number of hydrogen-bond donors (Lipinski definition) is 2. The molecule has 1 aromatic carbocycles. The number of nitrogens with one attached hydrogen (secondary N) is 2. The van der Waals surface area contributed by atoms with Crippen LogP contribution in [0.2, 0.25) is 0 Å². The fourth-order valence-corrected chi connectivity index (χ4v) is 5.76. The summed E-state index contributed by atoms with van der Waals surface area (Å²) in [5.41, 5.74) is 2.81. The number of imide groups is 1. The first-order valence-corrected chi connectivity index (χ1v) is 12.5. The van der Waals surface area contributed by atoms with E-state index in [1.165, 1.54) is 45.3 Å². The Morgan fingerprint density at radius 1 is 0.971 bits per heavy atom. The van der Waals surface area contributed by atoms with E-state index in [1.807, 2.05) is 12.1 Å². The quantitative estimate of drug-likeness (QED) is 0.592. The van der Waals surface area contributed by atoms with Crippen LogP contribution in [-0.4, -0.2) is 79.4 Å². The Labute approximate surface area is 207 Å². The summed E-state index contributed by atoms with van der Waals surface area (Å²) < 4.78 is 0. The van der Waals surface area contributed by atoms with Gasteiger partial charge in [0.1, 0.15) is 6.04 Å². The van der Waals surface area contributed by atoms with Gasteiger partial charge in [-0.2, -0.15) is 0 Å². The van der Waals surface area contributed by atoms with Crippen LogP contribution in [0.15, 0.2) is 18.2 Å². The topological polar surface area (TPSA) is 85.0 Å². The van der Waals surface area contributed by atoms with Crippen LogP contribution in [0.5, 0.6) is 0 Å².